The molecule has 118 valence electrons. The van der Waals surface area contributed by atoms with Crippen molar-refractivity contribution >= 4 is 27.6 Å². The van der Waals surface area contributed by atoms with E-state index >= 15 is 0 Å². The van der Waals surface area contributed by atoms with Crippen LogP contribution < -0.4 is 4.72 Å². The molecule has 1 rings (SSSR count). The molecule has 8 heteroatoms. The molecule has 21 heavy (non-hydrogen) atoms. The zero-order valence-electron chi connectivity index (χ0n) is 11.8. The molecule has 0 aliphatic heterocycles. The van der Waals surface area contributed by atoms with E-state index < -0.39 is 22.1 Å². The van der Waals surface area contributed by atoms with Crippen LogP contribution in [0.5, 0.6) is 0 Å². The maximum absolute atomic E-state index is 12.2. The van der Waals surface area contributed by atoms with Gasteiger partial charge in [0.25, 0.3) is 0 Å². The van der Waals surface area contributed by atoms with Crippen LogP contribution in [-0.4, -0.2) is 37.2 Å². The van der Waals surface area contributed by atoms with Crippen molar-refractivity contribution in [1.29, 1.82) is 0 Å². The smallest absolute Gasteiger partial charge is 0.336 e. The molecule has 6 nitrogen and oxygen atoms in total. The number of hydrogen-bond acceptors (Lipinski definition) is 4. The Morgan fingerprint density at radius 3 is 2.57 bits per heavy atom. The first-order valence-corrected chi connectivity index (χ1v) is 8.26. The first-order chi connectivity index (χ1) is 9.69. The first-order valence-electron chi connectivity index (χ1n) is 6.40. The number of rotatable bonds is 7. The van der Waals surface area contributed by atoms with E-state index in [4.69, 9.17) is 16.7 Å². The molecule has 0 amide bonds. The molecule has 0 spiro atoms. The monoisotopic (exact) mass is 335 g/mol. The van der Waals surface area contributed by atoms with Gasteiger partial charge in [-0.1, -0.05) is 24.9 Å². The van der Waals surface area contributed by atoms with E-state index in [-0.39, 0.29) is 27.6 Å². The van der Waals surface area contributed by atoms with E-state index in [0.717, 1.165) is 6.42 Å². The number of hydrogen-bond donors (Lipinski definition) is 3. The van der Waals surface area contributed by atoms with Gasteiger partial charge in [0.2, 0.25) is 10.0 Å². The Bertz CT molecular complexity index is 630. The van der Waals surface area contributed by atoms with E-state index in [9.17, 15) is 18.3 Å². The number of carbonyl (C=O) groups is 1. The lowest BCUT2D eigenvalue weighted by Crippen LogP contribution is -2.32. The Kier molecular flexibility index (Phi) is 6.15. The van der Waals surface area contributed by atoms with Crippen LogP contribution in [-0.2, 0) is 10.0 Å². The first kappa shape index (κ1) is 17.9. The van der Waals surface area contributed by atoms with Crippen molar-refractivity contribution in [2.24, 2.45) is 0 Å². The standard InChI is InChI=1S/C13H18ClNO5S/c1-3-4-10(16)7-15-21(19,20)12-6-9(14)5-11(8(12)2)13(17)18/h5-6,10,15-16H,3-4,7H2,1-2H3,(H,17,18). The van der Waals surface area contributed by atoms with Crippen molar-refractivity contribution in [2.45, 2.75) is 37.7 Å². The van der Waals surface area contributed by atoms with Crippen molar-refractivity contribution in [3.63, 3.8) is 0 Å². The Balaban J connectivity index is 3.11. The number of carboxylic acids is 1. The van der Waals surface area contributed by atoms with Crippen LogP contribution in [0.4, 0.5) is 0 Å². The predicted molar refractivity (Wildman–Crippen MR) is 79.3 cm³/mol. The molecule has 0 bridgehead atoms. The summed E-state index contributed by atoms with van der Waals surface area (Å²) in [6.45, 7) is 3.14. The molecule has 0 aliphatic rings. The minimum absolute atomic E-state index is 0.0208. The van der Waals surface area contributed by atoms with E-state index in [1.54, 1.807) is 0 Å². The van der Waals surface area contributed by atoms with Crippen molar-refractivity contribution in [2.75, 3.05) is 6.54 Å². The Labute approximate surface area is 128 Å². The average Bonchev–Trinajstić information content (AvgIpc) is 2.39. The Hall–Kier alpha value is -1.15. The van der Waals surface area contributed by atoms with Crippen LogP contribution in [0.3, 0.4) is 0 Å². The SMILES string of the molecule is CCCC(O)CNS(=O)(=O)c1cc(Cl)cc(C(=O)O)c1C. The second-order valence-electron chi connectivity index (χ2n) is 4.68. The van der Waals surface area contributed by atoms with Crippen molar-refractivity contribution in [3.05, 3.63) is 28.3 Å². The van der Waals surface area contributed by atoms with E-state index in [0.29, 0.717) is 6.42 Å². The second kappa shape index (κ2) is 7.22. The fraction of sp³-hybridized carbons (Fsp3) is 0.462. The highest BCUT2D eigenvalue weighted by Gasteiger charge is 2.22. The van der Waals surface area contributed by atoms with Crippen molar-refractivity contribution in [1.82, 2.24) is 4.72 Å². The number of nitrogens with one attached hydrogen (secondary N) is 1. The number of aliphatic hydroxyl groups excluding tert-OH is 1. The molecule has 1 aromatic carbocycles. The summed E-state index contributed by atoms with van der Waals surface area (Å²) >= 11 is 5.78. The molecule has 0 aliphatic carbocycles. The van der Waals surface area contributed by atoms with Crippen LogP contribution in [0.2, 0.25) is 5.02 Å². The molecule has 0 fully saturated rings. The lowest BCUT2D eigenvalue weighted by atomic mass is 10.1. The Morgan fingerprint density at radius 1 is 1.43 bits per heavy atom. The molecule has 3 N–H and O–H groups in total. The van der Waals surface area contributed by atoms with E-state index in [1.807, 2.05) is 6.92 Å². The highest BCUT2D eigenvalue weighted by Crippen LogP contribution is 2.24. The van der Waals surface area contributed by atoms with Gasteiger partial charge in [-0.3, -0.25) is 0 Å². The normalized spacial score (nSPS) is 13.1. The molecule has 0 heterocycles. The van der Waals surface area contributed by atoms with Gasteiger partial charge in [-0.15, -0.1) is 0 Å². The van der Waals surface area contributed by atoms with Crippen LogP contribution >= 0.6 is 11.6 Å². The summed E-state index contributed by atoms with van der Waals surface area (Å²) < 4.78 is 26.7. The molecule has 1 atom stereocenters. The molecular formula is C13H18ClNO5S. The third-order valence-corrected chi connectivity index (χ3v) is 4.74. The third-order valence-electron chi connectivity index (χ3n) is 2.98. The highest BCUT2D eigenvalue weighted by molar-refractivity contribution is 7.89. The van der Waals surface area contributed by atoms with Gasteiger partial charge in [-0.2, -0.15) is 0 Å². The topological polar surface area (TPSA) is 104 Å². The zero-order valence-corrected chi connectivity index (χ0v) is 13.3. The Morgan fingerprint density at radius 2 is 2.05 bits per heavy atom. The van der Waals surface area contributed by atoms with Gasteiger partial charge in [-0.25, -0.2) is 17.9 Å². The number of aliphatic hydroxyl groups is 1. The molecule has 0 saturated heterocycles. The van der Waals surface area contributed by atoms with Gasteiger partial charge >= 0.3 is 5.97 Å². The number of aromatic carboxylic acids is 1. The van der Waals surface area contributed by atoms with Crippen molar-refractivity contribution < 1.29 is 23.4 Å². The molecule has 0 aromatic heterocycles. The molecular weight excluding hydrogens is 318 g/mol. The maximum Gasteiger partial charge on any atom is 0.336 e. The predicted octanol–water partition coefficient (Wildman–Crippen LogP) is 1.79. The summed E-state index contributed by atoms with van der Waals surface area (Å²) in [6, 6.07) is 2.39. The summed E-state index contributed by atoms with van der Waals surface area (Å²) in [5, 5.41) is 18.7. The summed E-state index contributed by atoms with van der Waals surface area (Å²) in [6.07, 6.45) is 0.405. The lowest BCUT2D eigenvalue weighted by Gasteiger charge is -2.14. The summed E-state index contributed by atoms with van der Waals surface area (Å²) in [5.74, 6) is -1.25. The third kappa shape index (κ3) is 4.67. The minimum Gasteiger partial charge on any atom is -0.478 e. The molecule has 1 aromatic rings. The summed E-state index contributed by atoms with van der Waals surface area (Å²) in [5.41, 5.74) is -0.0682. The number of sulfonamides is 1. The van der Waals surface area contributed by atoms with E-state index in [1.165, 1.54) is 19.1 Å². The minimum atomic E-state index is -3.94. The van der Waals surface area contributed by atoms with Gasteiger partial charge in [0.05, 0.1) is 16.6 Å². The zero-order chi connectivity index (χ0) is 16.2. The number of halogens is 1. The largest absolute Gasteiger partial charge is 0.478 e. The maximum atomic E-state index is 12.2. The van der Waals surface area contributed by atoms with Crippen LogP contribution in [0.1, 0.15) is 35.7 Å². The fourth-order valence-electron chi connectivity index (χ4n) is 1.87. The van der Waals surface area contributed by atoms with Gasteiger partial charge in [0.15, 0.2) is 0 Å². The quantitative estimate of drug-likeness (QED) is 0.704. The van der Waals surface area contributed by atoms with Gasteiger partial charge in [0, 0.05) is 11.6 Å². The molecule has 0 radical (unpaired) electrons. The average molecular weight is 336 g/mol. The summed E-state index contributed by atoms with van der Waals surface area (Å²) in [7, 11) is -3.94. The lowest BCUT2D eigenvalue weighted by molar-refractivity contribution is 0.0695. The van der Waals surface area contributed by atoms with Crippen LogP contribution in [0.25, 0.3) is 0 Å². The number of benzene rings is 1. The van der Waals surface area contributed by atoms with E-state index in [2.05, 4.69) is 4.72 Å². The number of carboxylic acid groups (broad SMARTS) is 1. The van der Waals surface area contributed by atoms with Crippen LogP contribution in [0.15, 0.2) is 17.0 Å². The van der Waals surface area contributed by atoms with Gasteiger partial charge in [0.1, 0.15) is 0 Å². The molecule has 1 unspecified atom stereocenters. The fourth-order valence-corrected chi connectivity index (χ4v) is 3.52. The summed E-state index contributed by atoms with van der Waals surface area (Å²) in [4.78, 5) is 10.9. The highest BCUT2D eigenvalue weighted by atomic mass is 35.5. The van der Waals surface area contributed by atoms with Crippen LogP contribution in [0, 0.1) is 6.92 Å². The van der Waals surface area contributed by atoms with Crippen molar-refractivity contribution in [3.8, 4) is 0 Å². The van der Waals surface area contributed by atoms with Gasteiger partial charge < -0.3 is 10.2 Å². The second-order valence-corrected chi connectivity index (χ2v) is 6.85. The molecule has 0 saturated carbocycles. The van der Waals surface area contributed by atoms with Gasteiger partial charge in [-0.05, 0) is 31.0 Å².